The van der Waals surface area contributed by atoms with Gasteiger partial charge in [-0.05, 0) is 50.9 Å². The van der Waals surface area contributed by atoms with E-state index in [4.69, 9.17) is 10.5 Å². The van der Waals surface area contributed by atoms with Crippen molar-refractivity contribution >= 4 is 6.09 Å². The maximum Gasteiger partial charge on any atom is 0.410 e. The fraction of sp³-hybridized carbons (Fsp3) is 0.941. The van der Waals surface area contributed by atoms with Gasteiger partial charge in [0.2, 0.25) is 0 Å². The number of nitrogens with two attached hydrogens (primary N) is 1. The van der Waals surface area contributed by atoms with Crippen LogP contribution in [-0.2, 0) is 4.74 Å². The molecule has 0 aromatic carbocycles. The Hall–Kier alpha value is -0.770. The number of hydrogen-bond donors (Lipinski definition) is 1. The van der Waals surface area contributed by atoms with E-state index < -0.39 is 5.60 Å². The van der Waals surface area contributed by atoms with Crippen LogP contribution in [0.4, 0.5) is 4.79 Å². The molecule has 2 atom stereocenters. The molecule has 2 N–H and O–H groups in total. The van der Waals surface area contributed by atoms with Crippen molar-refractivity contribution in [2.75, 3.05) is 6.54 Å². The Morgan fingerprint density at radius 1 is 1.24 bits per heavy atom. The number of likely N-dealkylation sites (tertiary alicyclic amines) is 1. The molecule has 2 fully saturated rings. The van der Waals surface area contributed by atoms with Gasteiger partial charge in [-0.15, -0.1) is 0 Å². The SMILES string of the molecule is CC1(C)CCC(C2(N)CC2(C)C)N(C(=O)OC(C)(C)C)C1. The third-order valence-corrected chi connectivity index (χ3v) is 5.16. The van der Waals surface area contributed by atoms with Crippen LogP contribution in [0.1, 0.15) is 67.7 Å². The molecular weight excluding hydrogens is 264 g/mol. The molecule has 1 aliphatic heterocycles. The van der Waals surface area contributed by atoms with E-state index in [1.54, 1.807) is 0 Å². The first-order valence-electron chi connectivity index (χ1n) is 8.06. The second-order valence-electron chi connectivity index (χ2n) is 9.43. The molecular formula is C17H32N2O2. The van der Waals surface area contributed by atoms with E-state index in [0.717, 1.165) is 25.8 Å². The normalized spacial score (nSPS) is 34.5. The average Bonchev–Trinajstić information content (AvgIpc) is 2.74. The number of nitrogens with zero attached hydrogens (tertiary/aromatic N) is 1. The van der Waals surface area contributed by atoms with Gasteiger partial charge in [-0.25, -0.2) is 4.79 Å². The van der Waals surface area contributed by atoms with E-state index in [2.05, 4.69) is 27.7 Å². The van der Waals surface area contributed by atoms with Gasteiger partial charge in [0.15, 0.2) is 0 Å². The second kappa shape index (κ2) is 4.61. The summed E-state index contributed by atoms with van der Waals surface area (Å²) in [6.07, 6.45) is 2.83. The van der Waals surface area contributed by atoms with Crippen molar-refractivity contribution in [2.24, 2.45) is 16.6 Å². The molecule has 2 aliphatic rings. The van der Waals surface area contributed by atoms with Crippen LogP contribution in [0.2, 0.25) is 0 Å². The van der Waals surface area contributed by atoms with E-state index in [-0.39, 0.29) is 28.5 Å². The standard InChI is InChI=1S/C17H32N2O2/c1-14(2,3)21-13(20)19-11-15(4,5)9-8-12(19)17(18)10-16(17,6)7/h12H,8-11,18H2,1-7H3. The van der Waals surface area contributed by atoms with Crippen molar-refractivity contribution in [3.63, 3.8) is 0 Å². The third-order valence-electron chi connectivity index (χ3n) is 5.16. The topological polar surface area (TPSA) is 55.6 Å². The van der Waals surface area contributed by atoms with Gasteiger partial charge in [-0.3, -0.25) is 0 Å². The van der Waals surface area contributed by atoms with Gasteiger partial charge in [0.25, 0.3) is 0 Å². The number of amides is 1. The lowest BCUT2D eigenvalue weighted by molar-refractivity contribution is -0.0161. The van der Waals surface area contributed by atoms with Crippen LogP contribution >= 0.6 is 0 Å². The quantitative estimate of drug-likeness (QED) is 0.805. The van der Waals surface area contributed by atoms with E-state index in [1.165, 1.54) is 0 Å². The van der Waals surface area contributed by atoms with E-state index >= 15 is 0 Å². The summed E-state index contributed by atoms with van der Waals surface area (Å²) in [5, 5.41) is 0. The molecule has 4 heteroatoms. The monoisotopic (exact) mass is 296 g/mol. The highest BCUT2D eigenvalue weighted by Gasteiger charge is 2.65. The zero-order valence-corrected chi connectivity index (χ0v) is 14.7. The molecule has 0 aromatic heterocycles. The van der Waals surface area contributed by atoms with E-state index in [9.17, 15) is 4.79 Å². The first-order chi connectivity index (χ1) is 9.28. The largest absolute Gasteiger partial charge is 0.444 e. The first kappa shape index (κ1) is 16.6. The molecule has 1 saturated carbocycles. The van der Waals surface area contributed by atoms with Crippen LogP contribution < -0.4 is 5.73 Å². The Kier molecular flexibility index (Phi) is 3.64. The minimum atomic E-state index is -0.468. The van der Waals surface area contributed by atoms with Gasteiger partial charge in [0.1, 0.15) is 5.60 Å². The van der Waals surface area contributed by atoms with E-state index in [1.807, 2.05) is 25.7 Å². The molecule has 0 radical (unpaired) electrons. The molecule has 2 rings (SSSR count). The van der Waals surface area contributed by atoms with Crippen LogP contribution in [-0.4, -0.2) is 34.7 Å². The van der Waals surface area contributed by atoms with Crippen molar-refractivity contribution < 1.29 is 9.53 Å². The number of rotatable bonds is 1. The summed E-state index contributed by atoms with van der Waals surface area (Å²) < 4.78 is 5.62. The minimum Gasteiger partial charge on any atom is -0.444 e. The molecule has 0 bridgehead atoms. The molecule has 122 valence electrons. The number of ether oxygens (including phenoxy) is 1. The van der Waals surface area contributed by atoms with E-state index in [0.29, 0.717) is 0 Å². The van der Waals surface area contributed by atoms with Crippen LogP contribution in [0.15, 0.2) is 0 Å². The summed E-state index contributed by atoms with van der Waals surface area (Å²) in [6.45, 7) is 15.3. The van der Waals surface area contributed by atoms with Crippen molar-refractivity contribution in [2.45, 2.75) is 84.9 Å². The van der Waals surface area contributed by atoms with Gasteiger partial charge < -0.3 is 15.4 Å². The molecule has 1 saturated heterocycles. The smallest absolute Gasteiger partial charge is 0.410 e. The zero-order chi connectivity index (χ0) is 16.3. The van der Waals surface area contributed by atoms with Crippen LogP contribution in [0, 0.1) is 10.8 Å². The predicted molar refractivity (Wildman–Crippen MR) is 85.1 cm³/mol. The molecule has 1 aliphatic carbocycles. The van der Waals surface area contributed by atoms with Gasteiger partial charge in [0, 0.05) is 12.1 Å². The lowest BCUT2D eigenvalue weighted by atomic mass is 9.78. The third kappa shape index (κ3) is 3.20. The summed E-state index contributed by atoms with van der Waals surface area (Å²) in [6, 6.07) is 0.0929. The maximum absolute atomic E-state index is 12.6. The molecule has 1 heterocycles. The van der Waals surface area contributed by atoms with Gasteiger partial charge in [0.05, 0.1) is 6.04 Å². The van der Waals surface area contributed by atoms with Gasteiger partial charge >= 0.3 is 6.09 Å². The Morgan fingerprint density at radius 2 is 1.76 bits per heavy atom. The summed E-state index contributed by atoms with van der Waals surface area (Å²) in [7, 11) is 0. The summed E-state index contributed by atoms with van der Waals surface area (Å²) >= 11 is 0. The molecule has 0 aromatic rings. The number of carbonyl (C=O) groups is 1. The Bertz CT molecular complexity index is 437. The van der Waals surface area contributed by atoms with Gasteiger partial charge in [-0.2, -0.15) is 0 Å². The van der Waals surface area contributed by atoms with Crippen molar-refractivity contribution in [3.8, 4) is 0 Å². The lowest BCUT2D eigenvalue weighted by Gasteiger charge is -2.47. The molecule has 0 spiro atoms. The molecule has 2 unspecified atom stereocenters. The molecule has 21 heavy (non-hydrogen) atoms. The highest BCUT2D eigenvalue weighted by Crippen LogP contribution is 2.58. The predicted octanol–water partition coefficient (Wildman–Crippen LogP) is 3.54. The number of piperidine rings is 1. The highest BCUT2D eigenvalue weighted by molar-refractivity contribution is 5.69. The molecule has 1 amide bonds. The fourth-order valence-corrected chi connectivity index (χ4v) is 3.64. The van der Waals surface area contributed by atoms with Gasteiger partial charge in [-0.1, -0.05) is 27.7 Å². The van der Waals surface area contributed by atoms with Crippen molar-refractivity contribution in [3.05, 3.63) is 0 Å². The summed E-state index contributed by atoms with van der Waals surface area (Å²) in [5.74, 6) is 0. The van der Waals surface area contributed by atoms with Crippen molar-refractivity contribution in [1.29, 1.82) is 0 Å². The highest BCUT2D eigenvalue weighted by atomic mass is 16.6. The first-order valence-corrected chi connectivity index (χ1v) is 8.06. The maximum atomic E-state index is 12.6. The van der Waals surface area contributed by atoms with Crippen LogP contribution in [0.5, 0.6) is 0 Å². The summed E-state index contributed by atoms with van der Waals surface area (Å²) in [4.78, 5) is 14.6. The Morgan fingerprint density at radius 3 is 2.19 bits per heavy atom. The minimum absolute atomic E-state index is 0.0929. The Labute approximate surface area is 129 Å². The number of hydrogen-bond acceptors (Lipinski definition) is 3. The second-order valence-corrected chi connectivity index (χ2v) is 9.43. The summed E-state index contributed by atoms with van der Waals surface area (Å²) in [5.41, 5.74) is 6.14. The van der Waals surface area contributed by atoms with Crippen LogP contribution in [0.3, 0.4) is 0 Å². The fourth-order valence-electron chi connectivity index (χ4n) is 3.64. The average molecular weight is 296 g/mol. The van der Waals surface area contributed by atoms with Crippen molar-refractivity contribution in [1.82, 2.24) is 4.90 Å². The zero-order valence-electron chi connectivity index (χ0n) is 14.7. The Balaban J connectivity index is 2.21. The number of carbonyl (C=O) groups excluding carboxylic acids is 1. The van der Waals surface area contributed by atoms with Crippen LogP contribution in [0.25, 0.3) is 0 Å². The molecule has 4 nitrogen and oxygen atoms in total. The lowest BCUT2D eigenvalue weighted by Crippen LogP contribution is -2.60.